The van der Waals surface area contributed by atoms with E-state index in [1.54, 1.807) is 35.2 Å². The van der Waals surface area contributed by atoms with Crippen LogP contribution in [0.5, 0.6) is 0 Å². The number of nitrogens with one attached hydrogen (secondary N) is 1. The number of halogens is 2. The standard InChI is InChI=1S/C22H15BrClN5O2/c23-17-3-1-15(2-4-17)22-16(13-25-26-19-7-5-18(24)6-8-19)14-28(27-22)20-9-11-21(12-10-20)29(30)31/h1-14,26H/b25-13+. The van der Waals surface area contributed by atoms with Gasteiger partial charge >= 0.3 is 0 Å². The topological polar surface area (TPSA) is 85.3 Å². The highest BCUT2D eigenvalue weighted by Gasteiger charge is 2.12. The van der Waals surface area contributed by atoms with Gasteiger partial charge in [0.25, 0.3) is 5.69 Å². The fourth-order valence-corrected chi connectivity index (χ4v) is 3.26. The van der Waals surface area contributed by atoms with Crippen LogP contribution in [0, 0.1) is 10.1 Å². The number of hydrogen-bond acceptors (Lipinski definition) is 5. The highest BCUT2D eigenvalue weighted by molar-refractivity contribution is 9.10. The zero-order chi connectivity index (χ0) is 21.8. The van der Waals surface area contributed by atoms with Crippen LogP contribution in [0.4, 0.5) is 11.4 Å². The third-order valence-electron chi connectivity index (χ3n) is 4.43. The Hall–Kier alpha value is -3.49. The van der Waals surface area contributed by atoms with Crippen molar-refractivity contribution in [1.29, 1.82) is 0 Å². The summed E-state index contributed by atoms with van der Waals surface area (Å²) in [6.07, 6.45) is 3.51. The SMILES string of the molecule is O=[N+]([O-])c1ccc(-n2cc(/C=N/Nc3ccc(Cl)cc3)c(-c3ccc(Br)cc3)n2)cc1. The first-order valence-corrected chi connectivity index (χ1v) is 10.3. The molecule has 1 aromatic heterocycles. The van der Waals surface area contributed by atoms with Gasteiger partial charge in [-0.05, 0) is 48.5 Å². The second-order valence-corrected chi connectivity index (χ2v) is 7.89. The van der Waals surface area contributed by atoms with Crippen molar-refractivity contribution in [3.05, 3.63) is 104 Å². The lowest BCUT2D eigenvalue weighted by molar-refractivity contribution is -0.384. The third kappa shape index (κ3) is 4.99. The predicted molar refractivity (Wildman–Crippen MR) is 126 cm³/mol. The molecule has 4 rings (SSSR count). The zero-order valence-corrected chi connectivity index (χ0v) is 18.3. The van der Waals surface area contributed by atoms with Crippen molar-refractivity contribution in [1.82, 2.24) is 9.78 Å². The second-order valence-electron chi connectivity index (χ2n) is 6.53. The molecule has 0 saturated heterocycles. The fourth-order valence-electron chi connectivity index (χ4n) is 2.87. The van der Waals surface area contributed by atoms with Crippen LogP contribution in [-0.4, -0.2) is 20.9 Å². The maximum absolute atomic E-state index is 10.9. The molecule has 0 aliphatic carbocycles. The third-order valence-corrected chi connectivity index (χ3v) is 5.21. The van der Waals surface area contributed by atoms with Crippen molar-refractivity contribution in [2.75, 3.05) is 5.43 Å². The van der Waals surface area contributed by atoms with Crippen LogP contribution in [0.25, 0.3) is 16.9 Å². The molecular weight excluding hydrogens is 482 g/mol. The lowest BCUT2D eigenvalue weighted by Gasteiger charge is -2.01. The minimum Gasteiger partial charge on any atom is -0.279 e. The number of aromatic nitrogens is 2. The summed E-state index contributed by atoms with van der Waals surface area (Å²) in [4.78, 5) is 10.5. The van der Waals surface area contributed by atoms with Crippen LogP contribution in [0.3, 0.4) is 0 Å². The largest absolute Gasteiger partial charge is 0.279 e. The number of nitro groups is 1. The van der Waals surface area contributed by atoms with Crippen molar-refractivity contribution in [3.8, 4) is 16.9 Å². The lowest BCUT2D eigenvalue weighted by Crippen LogP contribution is -1.95. The van der Waals surface area contributed by atoms with Gasteiger partial charge in [-0.3, -0.25) is 15.5 Å². The molecule has 4 aromatic rings. The van der Waals surface area contributed by atoms with E-state index < -0.39 is 4.92 Å². The molecular formula is C22H15BrClN5O2. The molecule has 0 aliphatic rings. The number of rotatable bonds is 6. The Bertz CT molecular complexity index is 1240. The number of anilines is 1. The first-order valence-electron chi connectivity index (χ1n) is 9.15. The monoisotopic (exact) mass is 495 g/mol. The average Bonchev–Trinajstić information content (AvgIpc) is 3.20. The normalized spacial score (nSPS) is 11.0. The van der Waals surface area contributed by atoms with Gasteiger partial charge in [0.2, 0.25) is 0 Å². The smallest absolute Gasteiger partial charge is 0.269 e. The Labute approximate surface area is 191 Å². The van der Waals surface area contributed by atoms with Crippen LogP contribution in [0.1, 0.15) is 5.56 Å². The minimum absolute atomic E-state index is 0.0259. The van der Waals surface area contributed by atoms with Gasteiger partial charge in [0.15, 0.2) is 0 Å². The molecule has 0 aliphatic heterocycles. The van der Waals surface area contributed by atoms with Gasteiger partial charge in [-0.25, -0.2) is 4.68 Å². The highest BCUT2D eigenvalue weighted by Crippen LogP contribution is 2.25. The first-order chi connectivity index (χ1) is 15.0. The summed E-state index contributed by atoms with van der Waals surface area (Å²) in [6.45, 7) is 0. The summed E-state index contributed by atoms with van der Waals surface area (Å²) in [5.74, 6) is 0. The van der Waals surface area contributed by atoms with Gasteiger partial charge < -0.3 is 0 Å². The number of nitro benzene ring substituents is 1. The Morgan fingerprint density at radius 2 is 1.71 bits per heavy atom. The van der Waals surface area contributed by atoms with Crippen LogP contribution in [0.15, 0.2) is 88.6 Å². The van der Waals surface area contributed by atoms with Crippen molar-refractivity contribution in [2.45, 2.75) is 0 Å². The van der Waals surface area contributed by atoms with Gasteiger partial charge in [-0.2, -0.15) is 10.2 Å². The average molecular weight is 497 g/mol. The lowest BCUT2D eigenvalue weighted by atomic mass is 10.1. The maximum Gasteiger partial charge on any atom is 0.269 e. The molecule has 0 atom stereocenters. The van der Waals surface area contributed by atoms with Gasteiger partial charge in [-0.1, -0.05) is 39.7 Å². The Morgan fingerprint density at radius 1 is 1.03 bits per heavy atom. The van der Waals surface area contributed by atoms with Crippen molar-refractivity contribution in [2.24, 2.45) is 5.10 Å². The van der Waals surface area contributed by atoms with E-state index in [9.17, 15) is 10.1 Å². The summed E-state index contributed by atoms with van der Waals surface area (Å²) in [7, 11) is 0. The van der Waals surface area contributed by atoms with Crippen molar-refractivity contribution >= 4 is 45.1 Å². The van der Waals surface area contributed by atoms with Crippen LogP contribution < -0.4 is 5.43 Å². The molecule has 0 amide bonds. The molecule has 7 nitrogen and oxygen atoms in total. The van der Waals surface area contributed by atoms with Gasteiger partial charge in [0, 0.05) is 39.0 Å². The molecule has 1 N–H and O–H groups in total. The van der Waals surface area contributed by atoms with Gasteiger partial charge in [0.05, 0.1) is 22.5 Å². The summed E-state index contributed by atoms with van der Waals surface area (Å²) < 4.78 is 2.63. The Balaban J connectivity index is 1.67. The van der Waals surface area contributed by atoms with Gasteiger partial charge in [-0.15, -0.1) is 0 Å². The van der Waals surface area contributed by atoms with E-state index in [4.69, 9.17) is 11.6 Å². The van der Waals surface area contributed by atoms with Crippen LogP contribution >= 0.6 is 27.5 Å². The van der Waals surface area contributed by atoms with Gasteiger partial charge in [0.1, 0.15) is 5.69 Å². The van der Waals surface area contributed by atoms with E-state index in [0.29, 0.717) is 10.7 Å². The Morgan fingerprint density at radius 3 is 2.35 bits per heavy atom. The second kappa shape index (κ2) is 9.11. The minimum atomic E-state index is -0.430. The van der Waals surface area contributed by atoms with Crippen molar-refractivity contribution < 1.29 is 4.92 Å². The molecule has 31 heavy (non-hydrogen) atoms. The van der Waals surface area contributed by atoms with E-state index in [2.05, 4.69) is 31.6 Å². The predicted octanol–water partition coefficient (Wildman–Crippen LogP) is 6.31. The number of nitrogens with zero attached hydrogens (tertiary/aromatic N) is 4. The number of hydrogen-bond donors (Lipinski definition) is 1. The highest BCUT2D eigenvalue weighted by atomic mass is 79.9. The molecule has 154 valence electrons. The molecule has 9 heteroatoms. The molecule has 3 aromatic carbocycles. The van der Waals surface area contributed by atoms with E-state index >= 15 is 0 Å². The molecule has 0 unspecified atom stereocenters. The maximum atomic E-state index is 10.9. The summed E-state index contributed by atoms with van der Waals surface area (Å²) in [6, 6.07) is 21.2. The fraction of sp³-hybridized carbons (Fsp3) is 0. The van der Waals surface area contributed by atoms with E-state index in [-0.39, 0.29) is 5.69 Å². The zero-order valence-electron chi connectivity index (χ0n) is 15.9. The Kier molecular flexibility index (Phi) is 6.11. The van der Waals surface area contributed by atoms with Crippen LogP contribution in [0.2, 0.25) is 5.02 Å². The van der Waals surface area contributed by atoms with E-state index in [1.807, 2.05) is 42.6 Å². The molecule has 0 spiro atoms. The molecule has 0 bridgehead atoms. The summed E-state index contributed by atoms with van der Waals surface area (Å²) >= 11 is 9.35. The molecule has 1 heterocycles. The first kappa shape index (κ1) is 20.8. The van der Waals surface area contributed by atoms with Crippen LogP contribution in [-0.2, 0) is 0 Å². The molecule has 0 fully saturated rings. The molecule has 0 radical (unpaired) electrons. The van der Waals surface area contributed by atoms with Crippen molar-refractivity contribution in [3.63, 3.8) is 0 Å². The summed E-state index contributed by atoms with van der Waals surface area (Å²) in [5, 5.41) is 20.6. The number of non-ortho nitro benzene ring substituents is 1. The quantitative estimate of drug-likeness (QED) is 0.193. The number of hydrazone groups is 1. The summed E-state index contributed by atoms with van der Waals surface area (Å²) in [5.41, 5.74) is 6.92. The van der Waals surface area contributed by atoms with E-state index in [0.717, 1.165) is 27.0 Å². The molecule has 0 saturated carbocycles. The number of benzene rings is 3. The van der Waals surface area contributed by atoms with E-state index in [1.165, 1.54) is 12.1 Å².